The van der Waals surface area contributed by atoms with Crippen LogP contribution in [0.15, 0.2) is 47.8 Å². The molecule has 0 radical (unpaired) electrons. The van der Waals surface area contributed by atoms with Gasteiger partial charge in [0.1, 0.15) is 17.7 Å². The van der Waals surface area contributed by atoms with Crippen molar-refractivity contribution in [2.24, 2.45) is 5.16 Å². The van der Waals surface area contributed by atoms with Crippen LogP contribution in [-0.2, 0) is 15.0 Å². The molecule has 0 aliphatic carbocycles. The molecule has 1 aliphatic rings. The smallest absolute Gasteiger partial charge is 0.304 e. The van der Waals surface area contributed by atoms with E-state index in [1.165, 1.54) is 14.8 Å². The van der Waals surface area contributed by atoms with Crippen LogP contribution in [0.4, 0.5) is 11.5 Å². The molecule has 1 aromatic carbocycles. The predicted molar refractivity (Wildman–Crippen MR) is 126 cm³/mol. The number of nitrogens with zero attached hydrogens (tertiary/aromatic N) is 4. The molecule has 0 unspecified atom stereocenters. The van der Waals surface area contributed by atoms with E-state index in [1.807, 2.05) is 38.1 Å². The predicted octanol–water partition coefficient (Wildman–Crippen LogP) is 3.04. The Hall–Kier alpha value is -2.85. The summed E-state index contributed by atoms with van der Waals surface area (Å²) in [6.07, 6.45) is 5.75. The zero-order valence-corrected chi connectivity index (χ0v) is 19.4. The molecule has 0 bridgehead atoms. The lowest BCUT2D eigenvalue weighted by Crippen LogP contribution is -2.33. The highest BCUT2D eigenvalue weighted by Crippen LogP contribution is 2.26. The summed E-state index contributed by atoms with van der Waals surface area (Å²) in [6, 6.07) is 10.9. The number of benzene rings is 1. The van der Waals surface area contributed by atoms with Crippen molar-refractivity contribution in [1.82, 2.24) is 9.29 Å². The lowest BCUT2D eigenvalue weighted by atomic mass is 10.2. The van der Waals surface area contributed by atoms with Crippen LogP contribution in [0.3, 0.4) is 0 Å². The highest BCUT2D eigenvalue weighted by atomic mass is 32.2. The van der Waals surface area contributed by atoms with Gasteiger partial charge < -0.3 is 15.3 Å². The second-order valence-corrected chi connectivity index (χ2v) is 9.64. The van der Waals surface area contributed by atoms with Gasteiger partial charge >= 0.3 is 10.2 Å². The highest BCUT2D eigenvalue weighted by Gasteiger charge is 2.36. The van der Waals surface area contributed by atoms with Crippen molar-refractivity contribution < 1.29 is 18.0 Å². The van der Waals surface area contributed by atoms with Crippen molar-refractivity contribution in [1.29, 1.82) is 0 Å². The van der Waals surface area contributed by atoms with E-state index in [4.69, 9.17) is 15.3 Å². The van der Waals surface area contributed by atoms with Crippen LogP contribution < -0.4 is 14.8 Å². The second kappa shape index (κ2) is 11.1. The Morgan fingerprint density at radius 3 is 2.66 bits per heavy atom. The fourth-order valence-corrected chi connectivity index (χ4v) is 4.92. The molecule has 10 heteroatoms. The van der Waals surface area contributed by atoms with Crippen molar-refractivity contribution in [3.63, 3.8) is 0 Å². The van der Waals surface area contributed by atoms with Crippen molar-refractivity contribution in [2.45, 2.75) is 39.2 Å². The third-order valence-electron chi connectivity index (χ3n) is 4.88. The zero-order chi connectivity index (χ0) is 23.0. The van der Waals surface area contributed by atoms with Gasteiger partial charge in [0.05, 0.1) is 18.5 Å². The summed E-state index contributed by atoms with van der Waals surface area (Å²) in [5.41, 5.74) is 7.18. The highest BCUT2D eigenvalue weighted by molar-refractivity contribution is 7.90. The van der Waals surface area contributed by atoms with E-state index in [0.29, 0.717) is 37.7 Å². The molecule has 0 spiro atoms. The molecule has 0 saturated carbocycles. The summed E-state index contributed by atoms with van der Waals surface area (Å²) in [6.45, 7) is 5.81. The molecule has 2 aromatic rings. The molecule has 2 N–H and O–H groups in total. The number of anilines is 2. The van der Waals surface area contributed by atoms with Crippen LogP contribution in [0.5, 0.6) is 5.75 Å². The lowest BCUT2D eigenvalue weighted by Gasteiger charge is -2.20. The zero-order valence-electron chi connectivity index (χ0n) is 18.6. The molecule has 1 aliphatic heterocycles. The molecule has 2 heterocycles. The topological polar surface area (TPSA) is 110 Å². The van der Waals surface area contributed by atoms with Gasteiger partial charge in [0.25, 0.3) is 0 Å². The normalized spacial score (nSPS) is 16.2. The van der Waals surface area contributed by atoms with Crippen LogP contribution in [-0.4, -0.2) is 56.3 Å². The van der Waals surface area contributed by atoms with Gasteiger partial charge in [-0.3, -0.25) is 4.31 Å². The number of hydrogen-bond donors (Lipinski definition) is 1. The van der Waals surface area contributed by atoms with Crippen LogP contribution in [0.25, 0.3) is 0 Å². The summed E-state index contributed by atoms with van der Waals surface area (Å²) in [5, 5.41) is 3.91. The first-order valence-electron chi connectivity index (χ1n) is 10.8. The minimum absolute atomic E-state index is 0.0548. The molecule has 0 atom stereocenters. The maximum absolute atomic E-state index is 12.8. The van der Waals surface area contributed by atoms with E-state index in [0.717, 1.165) is 30.6 Å². The standard InChI is InChI=1S/C22H31N5O4S/c1-18(2)31-25-17-19-6-8-21(9-7-19)30-15-5-3-4-12-26-13-14-27(32(26,28)29)20-10-11-24-22(23)16-20/h6-11,16-18H,3-5,12-15H2,1-2H3,(H2,23,24)/b25-17+. The van der Waals surface area contributed by atoms with Gasteiger partial charge in [-0.05, 0) is 69.0 Å². The van der Waals surface area contributed by atoms with E-state index in [-0.39, 0.29) is 6.10 Å². The summed E-state index contributed by atoms with van der Waals surface area (Å²) in [5.74, 6) is 1.10. The minimum Gasteiger partial charge on any atom is -0.494 e. The van der Waals surface area contributed by atoms with Crippen molar-refractivity contribution in [2.75, 3.05) is 36.3 Å². The van der Waals surface area contributed by atoms with Gasteiger partial charge in [0.15, 0.2) is 0 Å². The van der Waals surface area contributed by atoms with Crippen molar-refractivity contribution >= 4 is 27.9 Å². The number of aromatic nitrogens is 1. The van der Waals surface area contributed by atoms with E-state index in [9.17, 15) is 8.42 Å². The second-order valence-electron chi connectivity index (χ2n) is 7.78. The van der Waals surface area contributed by atoms with Gasteiger partial charge in [-0.2, -0.15) is 12.7 Å². The molecular weight excluding hydrogens is 430 g/mol. The van der Waals surface area contributed by atoms with E-state index < -0.39 is 10.2 Å². The van der Waals surface area contributed by atoms with Crippen LogP contribution in [0.2, 0.25) is 0 Å². The third kappa shape index (κ3) is 6.57. The Labute approximate surface area is 190 Å². The number of ether oxygens (including phenoxy) is 1. The molecule has 0 amide bonds. The van der Waals surface area contributed by atoms with E-state index in [2.05, 4.69) is 10.1 Å². The van der Waals surface area contributed by atoms with Gasteiger partial charge in [-0.15, -0.1) is 0 Å². The number of oxime groups is 1. The Balaban J connectivity index is 1.36. The van der Waals surface area contributed by atoms with Crippen LogP contribution in [0, 0.1) is 0 Å². The van der Waals surface area contributed by atoms with Crippen LogP contribution in [0.1, 0.15) is 38.7 Å². The minimum atomic E-state index is -3.52. The van der Waals surface area contributed by atoms with E-state index in [1.54, 1.807) is 18.3 Å². The third-order valence-corrected chi connectivity index (χ3v) is 6.85. The number of rotatable bonds is 11. The molecule has 9 nitrogen and oxygen atoms in total. The first-order chi connectivity index (χ1) is 15.4. The molecule has 174 valence electrons. The molecule has 3 rings (SSSR count). The maximum Gasteiger partial charge on any atom is 0.304 e. The number of nitrogens with two attached hydrogens (primary N) is 1. The summed E-state index contributed by atoms with van der Waals surface area (Å²) in [4.78, 5) is 9.07. The van der Waals surface area contributed by atoms with Crippen molar-refractivity contribution in [3.05, 3.63) is 48.2 Å². The number of unbranched alkanes of at least 4 members (excludes halogenated alkanes) is 2. The van der Waals surface area contributed by atoms with Gasteiger partial charge in [-0.1, -0.05) is 5.16 Å². The van der Waals surface area contributed by atoms with Gasteiger partial charge in [-0.25, -0.2) is 4.98 Å². The fraction of sp³-hybridized carbons (Fsp3) is 0.455. The Bertz CT molecular complexity index is 996. The van der Waals surface area contributed by atoms with Gasteiger partial charge in [0, 0.05) is 31.9 Å². The number of hydrogen-bond acceptors (Lipinski definition) is 7. The van der Waals surface area contributed by atoms with Crippen LogP contribution >= 0.6 is 0 Å². The summed E-state index contributed by atoms with van der Waals surface area (Å²) < 4.78 is 34.2. The molecular formula is C22H31N5O4S. The quantitative estimate of drug-likeness (QED) is 0.313. The molecule has 32 heavy (non-hydrogen) atoms. The largest absolute Gasteiger partial charge is 0.494 e. The molecule has 1 fully saturated rings. The Kier molecular flexibility index (Phi) is 8.29. The number of nitrogen functional groups attached to an aromatic ring is 1. The first kappa shape index (κ1) is 23.8. The van der Waals surface area contributed by atoms with E-state index >= 15 is 0 Å². The van der Waals surface area contributed by atoms with Gasteiger partial charge in [0.2, 0.25) is 0 Å². The molecule has 1 saturated heterocycles. The Morgan fingerprint density at radius 1 is 1.16 bits per heavy atom. The maximum atomic E-state index is 12.8. The average molecular weight is 462 g/mol. The monoisotopic (exact) mass is 461 g/mol. The Morgan fingerprint density at radius 2 is 1.94 bits per heavy atom. The fourth-order valence-electron chi connectivity index (χ4n) is 3.27. The number of pyridine rings is 1. The lowest BCUT2D eigenvalue weighted by molar-refractivity contribution is 0.0873. The molecule has 1 aromatic heterocycles. The summed E-state index contributed by atoms with van der Waals surface area (Å²) >= 11 is 0. The SMILES string of the molecule is CC(C)O/N=C/c1ccc(OCCCCCN2CCN(c3ccnc(N)c3)S2(=O)=O)cc1. The van der Waals surface area contributed by atoms with Crippen molar-refractivity contribution in [3.8, 4) is 5.75 Å². The average Bonchev–Trinajstić information content (AvgIpc) is 3.05. The first-order valence-corrected chi connectivity index (χ1v) is 12.2. The summed E-state index contributed by atoms with van der Waals surface area (Å²) in [7, 11) is -3.52.